The summed E-state index contributed by atoms with van der Waals surface area (Å²) in [5, 5.41) is 3.57. The summed E-state index contributed by atoms with van der Waals surface area (Å²) in [5.74, 6) is -0.679. The minimum atomic E-state index is -0.354. The van der Waals surface area contributed by atoms with Crippen LogP contribution < -0.4 is 5.32 Å². The minimum Gasteiger partial charge on any atom is -0.462 e. The minimum absolute atomic E-state index is 0.00430. The Balaban J connectivity index is 1.83. The predicted octanol–water partition coefficient (Wildman–Crippen LogP) is 4.94. The van der Waals surface area contributed by atoms with Crippen molar-refractivity contribution in [2.24, 2.45) is 17.3 Å². The normalized spacial score (nSPS) is 22.9. The average molecular weight is 402 g/mol. The van der Waals surface area contributed by atoms with Crippen molar-refractivity contribution in [3.63, 3.8) is 0 Å². The molecule has 0 aromatic carbocycles. The molecule has 4 nitrogen and oxygen atoms in total. The number of ether oxygens (including phenoxy) is 1. The quantitative estimate of drug-likeness (QED) is 0.710. The number of nitrogens with one attached hydrogen (secondary N) is 1. The lowest BCUT2D eigenvalue weighted by Crippen LogP contribution is -2.18. The van der Waals surface area contributed by atoms with Crippen molar-refractivity contribution < 1.29 is 14.3 Å². The molecule has 1 heterocycles. The van der Waals surface area contributed by atoms with Crippen molar-refractivity contribution in [3.8, 4) is 0 Å². The zero-order chi connectivity index (χ0) is 18.4. The lowest BCUT2D eigenvalue weighted by atomic mass is 10.1. The first-order valence-corrected chi connectivity index (χ1v) is 10.00. The molecule has 0 bridgehead atoms. The zero-order valence-corrected chi connectivity index (χ0v) is 16.8. The average Bonchev–Trinajstić information content (AvgIpc) is 2.82. The van der Waals surface area contributed by atoms with E-state index in [1.807, 2.05) is 13.8 Å². The van der Waals surface area contributed by atoms with Crippen LogP contribution in [0.2, 0.25) is 0 Å². The highest BCUT2D eigenvalue weighted by Crippen LogP contribution is 2.60. The summed E-state index contributed by atoms with van der Waals surface area (Å²) in [5.41, 5.74) is 1.37. The molecule has 2 aliphatic rings. The number of hydrogen-bond donors (Lipinski definition) is 1. The Hall–Kier alpha value is -1.04. The Labute approximate surface area is 161 Å². The van der Waals surface area contributed by atoms with E-state index in [-0.39, 0.29) is 33.6 Å². The summed E-state index contributed by atoms with van der Waals surface area (Å²) in [6.07, 6.45) is 4.56. The predicted molar refractivity (Wildman–Crippen MR) is 101 cm³/mol. The number of amides is 1. The molecule has 0 spiro atoms. The number of thiophene rings is 1. The number of anilines is 1. The fourth-order valence-corrected chi connectivity index (χ4v) is 5.28. The van der Waals surface area contributed by atoms with Gasteiger partial charge in [-0.2, -0.15) is 0 Å². The maximum absolute atomic E-state index is 12.8. The van der Waals surface area contributed by atoms with Gasteiger partial charge in [0, 0.05) is 4.88 Å². The number of halogens is 2. The van der Waals surface area contributed by atoms with Gasteiger partial charge in [-0.15, -0.1) is 11.3 Å². The number of aryl methyl sites for hydroxylation is 1. The zero-order valence-electron chi connectivity index (χ0n) is 14.4. The van der Waals surface area contributed by atoms with Crippen LogP contribution in [-0.4, -0.2) is 18.5 Å². The van der Waals surface area contributed by atoms with Gasteiger partial charge in [-0.1, -0.05) is 37.0 Å². The van der Waals surface area contributed by atoms with Gasteiger partial charge in [-0.05, 0) is 49.2 Å². The third kappa shape index (κ3) is 3.46. The van der Waals surface area contributed by atoms with Gasteiger partial charge in [0.05, 0.1) is 18.1 Å². The van der Waals surface area contributed by atoms with Gasteiger partial charge < -0.3 is 10.1 Å². The first-order chi connectivity index (χ1) is 11.8. The van der Waals surface area contributed by atoms with Gasteiger partial charge in [-0.3, -0.25) is 4.79 Å². The molecule has 1 saturated carbocycles. The topological polar surface area (TPSA) is 55.4 Å². The highest BCUT2D eigenvalue weighted by atomic mass is 35.5. The molecule has 2 atom stereocenters. The maximum atomic E-state index is 12.8. The van der Waals surface area contributed by atoms with Gasteiger partial charge in [0.2, 0.25) is 5.91 Å². The number of rotatable bonds is 5. The van der Waals surface area contributed by atoms with Gasteiger partial charge in [0.25, 0.3) is 0 Å². The standard InChI is InChI=1S/C18H21Cl2NO3S/c1-4-24-17(23)13-9-6-5-7-11(9)25-16(13)21-15(22)14-10(8-12(19)20)18(14,2)3/h8,10,14H,4-7H2,1-3H3,(H,21,22)/t10-,14-/m0/s1. The molecule has 1 aromatic heterocycles. The molecule has 3 rings (SSSR count). The fraction of sp³-hybridized carbons (Fsp3) is 0.556. The molecule has 1 fully saturated rings. The van der Waals surface area contributed by atoms with Crippen LogP contribution in [0.25, 0.3) is 0 Å². The monoisotopic (exact) mass is 401 g/mol. The summed E-state index contributed by atoms with van der Waals surface area (Å²) in [6.45, 7) is 6.11. The van der Waals surface area contributed by atoms with E-state index in [9.17, 15) is 9.59 Å². The molecule has 25 heavy (non-hydrogen) atoms. The van der Waals surface area contributed by atoms with E-state index in [0.29, 0.717) is 17.2 Å². The largest absolute Gasteiger partial charge is 0.462 e. The second-order valence-corrected chi connectivity index (χ2v) is 9.17. The lowest BCUT2D eigenvalue weighted by Gasteiger charge is -2.08. The number of allylic oxidation sites excluding steroid dienone is 1. The molecule has 136 valence electrons. The number of carbonyl (C=O) groups is 2. The second-order valence-electron chi connectivity index (χ2n) is 7.05. The van der Waals surface area contributed by atoms with Crippen molar-refractivity contribution in [2.75, 3.05) is 11.9 Å². The van der Waals surface area contributed by atoms with Crippen LogP contribution in [0, 0.1) is 17.3 Å². The molecular weight excluding hydrogens is 381 g/mol. The Kier molecular flexibility index (Phi) is 5.20. The van der Waals surface area contributed by atoms with E-state index in [0.717, 1.165) is 24.8 Å². The summed E-state index contributed by atoms with van der Waals surface area (Å²) in [7, 11) is 0. The number of hydrogen-bond acceptors (Lipinski definition) is 4. The molecule has 1 N–H and O–H groups in total. The Morgan fingerprint density at radius 1 is 1.36 bits per heavy atom. The first kappa shape index (κ1) is 18.7. The summed E-state index contributed by atoms with van der Waals surface area (Å²) >= 11 is 13.0. The van der Waals surface area contributed by atoms with Crippen LogP contribution in [0.15, 0.2) is 10.6 Å². The van der Waals surface area contributed by atoms with Gasteiger partial charge in [-0.25, -0.2) is 4.79 Å². The van der Waals surface area contributed by atoms with Crippen LogP contribution in [0.3, 0.4) is 0 Å². The summed E-state index contributed by atoms with van der Waals surface area (Å²) < 4.78 is 5.37. The molecule has 0 saturated heterocycles. The van der Waals surface area contributed by atoms with Crippen molar-refractivity contribution >= 4 is 51.4 Å². The van der Waals surface area contributed by atoms with E-state index < -0.39 is 0 Å². The van der Waals surface area contributed by atoms with E-state index >= 15 is 0 Å². The highest BCUT2D eigenvalue weighted by molar-refractivity contribution is 7.17. The number of fused-ring (bicyclic) bond motifs is 1. The number of esters is 1. The van der Waals surface area contributed by atoms with Crippen molar-refractivity contribution in [1.29, 1.82) is 0 Å². The van der Waals surface area contributed by atoms with Crippen molar-refractivity contribution in [3.05, 3.63) is 26.6 Å². The SMILES string of the molecule is CCOC(=O)c1c(NC(=O)[C@@H]2[C@H](C=C(Cl)Cl)C2(C)C)sc2c1CCC2. The van der Waals surface area contributed by atoms with Crippen molar-refractivity contribution in [2.45, 2.75) is 40.0 Å². The fourth-order valence-electron chi connectivity index (χ4n) is 3.73. The maximum Gasteiger partial charge on any atom is 0.341 e. The highest BCUT2D eigenvalue weighted by Gasteiger charge is 2.60. The molecule has 0 aliphatic heterocycles. The molecule has 1 aromatic rings. The van der Waals surface area contributed by atoms with Gasteiger partial charge in [0.15, 0.2) is 0 Å². The third-order valence-corrected chi connectivity index (χ3v) is 6.60. The molecule has 7 heteroatoms. The lowest BCUT2D eigenvalue weighted by molar-refractivity contribution is -0.118. The number of carbonyl (C=O) groups excluding carboxylic acids is 2. The van der Waals surface area contributed by atoms with E-state index in [1.165, 1.54) is 16.2 Å². The Morgan fingerprint density at radius 2 is 2.08 bits per heavy atom. The Morgan fingerprint density at radius 3 is 2.72 bits per heavy atom. The summed E-state index contributed by atoms with van der Waals surface area (Å²) in [6, 6.07) is 0. The van der Waals surface area contributed by atoms with E-state index in [2.05, 4.69) is 5.32 Å². The van der Waals surface area contributed by atoms with E-state index in [4.69, 9.17) is 27.9 Å². The molecule has 0 unspecified atom stereocenters. The van der Waals surface area contributed by atoms with Crippen LogP contribution >= 0.6 is 34.5 Å². The van der Waals surface area contributed by atoms with Gasteiger partial charge >= 0.3 is 5.97 Å². The third-order valence-electron chi connectivity index (χ3n) is 5.14. The van der Waals surface area contributed by atoms with Gasteiger partial charge in [0.1, 0.15) is 9.49 Å². The van der Waals surface area contributed by atoms with Crippen molar-refractivity contribution in [1.82, 2.24) is 0 Å². The first-order valence-electron chi connectivity index (χ1n) is 8.42. The molecule has 0 radical (unpaired) electrons. The summed E-state index contributed by atoms with van der Waals surface area (Å²) in [4.78, 5) is 26.3. The Bertz CT molecular complexity index is 750. The molecule has 2 aliphatic carbocycles. The van der Waals surface area contributed by atoms with Crippen LogP contribution in [-0.2, 0) is 22.4 Å². The molecule has 1 amide bonds. The van der Waals surface area contributed by atoms with E-state index in [1.54, 1.807) is 13.0 Å². The van der Waals surface area contributed by atoms with Crippen LogP contribution in [0.5, 0.6) is 0 Å². The molecular formula is C18H21Cl2NO3S. The van der Waals surface area contributed by atoms with Crippen LogP contribution in [0.1, 0.15) is 48.0 Å². The van der Waals surface area contributed by atoms with Crippen LogP contribution in [0.4, 0.5) is 5.00 Å². The second kappa shape index (κ2) is 6.93. The smallest absolute Gasteiger partial charge is 0.341 e.